The zero-order chi connectivity index (χ0) is 40.4. The van der Waals surface area contributed by atoms with Crippen molar-refractivity contribution < 1.29 is 9.13 Å². The van der Waals surface area contributed by atoms with Crippen molar-refractivity contribution in [3.05, 3.63) is 60.2 Å². The molecule has 0 fully saturated rings. The molecule has 2 aromatic rings. The molecule has 0 radical (unpaired) electrons. The van der Waals surface area contributed by atoms with Gasteiger partial charge in [-0.3, -0.25) is 0 Å². The summed E-state index contributed by atoms with van der Waals surface area (Å²) in [5.74, 6) is 0. The van der Waals surface area contributed by atoms with E-state index in [-0.39, 0.29) is 0 Å². The van der Waals surface area contributed by atoms with Gasteiger partial charge in [0.05, 0.1) is 0 Å². The monoisotopic (exact) mass is 791 g/mol. The van der Waals surface area contributed by atoms with Crippen LogP contribution in [0.15, 0.2) is 49.1 Å². The first kappa shape index (κ1) is 51.4. The molecule has 0 unspecified atom stereocenters. The van der Waals surface area contributed by atoms with Gasteiger partial charge >= 0.3 is 0 Å². The Balaban J connectivity index is 1.32. The fourth-order valence-electron chi connectivity index (χ4n) is 8.74. The summed E-state index contributed by atoms with van der Waals surface area (Å²) in [6, 6.07) is 9.22. The number of nitrogens with zero attached hydrogens (tertiary/aromatic N) is 2. The van der Waals surface area contributed by atoms with Crippen LogP contribution in [0.1, 0.15) is 249 Å². The highest BCUT2D eigenvalue weighted by atomic mass is 14.9. The molecule has 4 N–H and O–H groups in total. The summed E-state index contributed by atoms with van der Waals surface area (Å²) in [5.41, 5.74) is 14.2. The lowest BCUT2D eigenvalue weighted by Gasteiger charge is -2.05. The highest BCUT2D eigenvalue weighted by molar-refractivity contribution is 5.05. The minimum Gasteiger partial charge on any atom is -0.330 e. The summed E-state index contributed by atoms with van der Waals surface area (Å²) in [7, 11) is 0. The molecule has 328 valence electrons. The molecule has 0 spiro atoms. The Hall–Kier alpha value is -1.78. The molecular formula is C53H98N4+2. The maximum atomic E-state index is 5.58. The Morgan fingerprint density at radius 3 is 0.772 bits per heavy atom. The second-order valence-electron chi connectivity index (χ2n) is 18.1. The molecular weight excluding hydrogens is 693 g/mol. The minimum atomic E-state index is 0.863. The van der Waals surface area contributed by atoms with Gasteiger partial charge < -0.3 is 11.5 Å². The van der Waals surface area contributed by atoms with Crippen LogP contribution in [0.5, 0.6) is 0 Å². The molecule has 4 nitrogen and oxygen atoms in total. The molecule has 0 saturated heterocycles. The average molecular weight is 791 g/mol. The number of hydrogen-bond acceptors (Lipinski definition) is 2. The predicted molar refractivity (Wildman–Crippen MR) is 250 cm³/mol. The molecule has 0 aliphatic heterocycles. The van der Waals surface area contributed by atoms with Crippen LogP contribution in [0, 0.1) is 0 Å². The normalized spacial score (nSPS) is 11.5. The number of unbranched alkanes of at least 4 members (excludes halogenated alkanes) is 34. The molecule has 0 aliphatic rings. The molecule has 0 aliphatic carbocycles. The molecule has 0 atom stereocenters. The molecule has 2 rings (SSSR count). The van der Waals surface area contributed by atoms with E-state index >= 15 is 0 Å². The summed E-state index contributed by atoms with van der Waals surface area (Å²) in [6.07, 6.45) is 63.4. The van der Waals surface area contributed by atoms with Gasteiger partial charge in [-0.05, 0) is 76.6 Å². The highest BCUT2D eigenvalue weighted by Gasteiger charge is 2.06. The third kappa shape index (κ3) is 33.7. The van der Waals surface area contributed by atoms with E-state index in [1.165, 1.54) is 275 Å². The molecule has 4 heteroatoms. The number of nitrogens with two attached hydrogens (primary N) is 2. The van der Waals surface area contributed by atoms with Crippen molar-refractivity contribution >= 4 is 0 Å². The van der Waals surface area contributed by atoms with E-state index in [1.54, 1.807) is 0 Å². The number of hydrogen-bond donors (Lipinski definition) is 2. The van der Waals surface area contributed by atoms with E-state index in [9.17, 15) is 0 Å². The van der Waals surface area contributed by atoms with Crippen LogP contribution in [0.2, 0.25) is 0 Å². The van der Waals surface area contributed by atoms with Gasteiger partial charge in [-0.1, -0.05) is 186 Å². The smallest absolute Gasteiger partial charge is 0.171 e. The van der Waals surface area contributed by atoms with Gasteiger partial charge in [0.1, 0.15) is 13.1 Å². The van der Waals surface area contributed by atoms with Gasteiger partial charge in [0, 0.05) is 36.1 Å². The van der Waals surface area contributed by atoms with Gasteiger partial charge in [-0.25, -0.2) is 9.13 Å². The second kappa shape index (κ2) is 41.0. The Labute approximate surface area is 356 Å². The number of pyridine rings is 2. The van der Waals surface area contributed by atoms with Crippen molar-refractivity contribution in [3.8, 4) is 0 Å². The van der Waals surface area contributed by atoms with E-state index in [4.69, 9.17) is 11.5 Å². The van der Waals surface area contributed by atoms with Crippen molar-refractivity contribution in [2.24, 2.45) is 11.5 Å². The summed E-state index contributed by atoms with van der Waals surface area (Å²) >= 11 is 0. The summed E-state index contributed by atoms with van der Waals surface area (Å²) < 4.78 is 4.89. The predicted octanol–water partition coefficient (Wildman–Crippen LogP) is 14.4. The van der Waals surface area contributed by atoms with E-state index in [1.807, 2.05) is 0 Å². The minimum absolute atomic E-state index is 0.863. The van der Waals surface area contributed by atoms with E-state index in [0.29, 0.717) is 0 Å². The topological polar surface area (TPSA) is 59.8 Å². The van der Waals surface area contributed by atoms with Crippen LogP contribution < -0.4 is 20.6 Å². The largest absolute Gasteiger partial charge is 0.330 e. The van der Waals surface area contributed by atoms with E-state index in [2.05, 4.69) is 58.2 Å². The van der Waals surface area contributed by atoms with Crippen LogP contribution in [0.3, 0.4) is 0 Å². The summed E-state index contributed by atoms with van der Waals surface area (Å²) in [5, 5.41) is 0. The lowest BCUT2D eigenvalue weighted by atomic mass is 10.0. The van der Waals surface area contributed by atoms with E-state index < -0.39 is 0 Å². The highest BCUT2D eigenvalue weighted by Crippen LogP contribution is 2.16. The number of aromatic nitrogens is 2. The van der Waals surface area contributed by atoms with Gasteiger partial charge in [-0.2, -0.15) is 0 Å². The summed E-state index contributed by atoms with van der Waals surface area (Å²) in [6.45, 7) is 4.09. The molecule has 0 saturated carbocycles. The quantitative estimate of drug-likeness (QED) is 0.0519. The summed E-state index contributed by atoms with van der Waals surface area (Å²) in [4.78, 5) is 0. The number of aryl methyl sites for hydroxylation is 4. The van der Waals surface area contributed by atoms with Crippen molar-refractivity contribution in [2.75, 3.05) is 13.1 Å². The second-order valence-corrected chi connectivity index (χ2v) is 18.1. The van der Waals surface area contributed by atoms with Gasteiger partial charge in [-0.15, -0.1) is 0 Å². The van der Waals surface area contributed by atoms with Gasteiger partial charge in [0.25, 0.3) is 0 Å². The Kier molecular flexibility index (Phi) is 36.9. The maximum absolute atomic E-state index is 5.58. The first-order chi connectivity index (χ1) is 28.3. The van der Waals surface area contributed by atoms with Gasteiger partial charge in [0.2, 0.25) is 0 Å². The van der Waals surface area contributed by atoms with Crippen molar-refractivity contribution in [1.82, 2.24) is 0 Å². The van der Waals surface area contributed by atoms with Crippen LogP contribution in [0.4, 0.5) is 0 Å². The van der Waals surface area contributed by atoms with Crippen molar-refractivity contribution in [2.45, 2.75) is 264 Å². The Bertz CT molecular complexity index is 1100. The Morgan fingerprint density at radius 1 is 0.281 bits per heavy atom. The zero-order valence-electron chi connectivity index (χ0n) is 38.1. The fourth-order valence-corrected chi connectivity index (χ4v) is 8.74. The average Bonchev–Trinajstić information content (AvgIpc) is 3.23. The molecule has 0 aromatic carbocycles. The fraction of sp³-hybridized carbons (Fsp3) is 0.811. The maximum Gasteiger partial charge on any atom is 0.171 e. The number of rotatable bonds is 44. The standard InChI is InChI=1S/C53H98N4/c54-44-34-28-22-16-10-4-1-2-6-12-18-24-30-36-46-56-48-38-42-52(50-56)40-32-26-20-14-8-9-15-21-27-33-41-53-43-39-49-57(51-53)47-37-31-25-19-13-7-3-5-11-17-23-29-35-45-55/h38-39,42-43,48-51H,1-37,40-41,44-47,54-55H2/q+2. The first-order valence-electron chi connectivity index (χ1n) is 25.7. The molecule has 2 heterocycles. The molecule has 0 bridgehead atoms. The zero-order valence-corrected chi connectivity index (χ0v) is 38.1. The Morgan fingerprint density at radius 2 is 0.509 bits per heavy atom. The van der Waals surface area contributed by atoms with Crippen LogP contribution in [-0.2, 0) is 25.9 Å². The lowest BCUT2D eigenvalue weighted by molar-refractivity contribution is -0.697. The third-order valence-corrected chi connectivity index (χ3v) is 12.5. The van der Waals surface area contributed by atoms with E-state index in [0.717, 1.165) is 13.1 Å². The molecule has 2 aromatic heterocycles. The molecule has 57 heavy (non-hydrogen) atoms. The lowest BCUT2D eigenvalue weighted by Crippen LogP contribution is -2.33. The third-order valence-electron chi connectivity index (χ3n) is 12.5. The SMILES string of the molecule is NCCCCCCCCCCCCCCCC[n+]1cccc(CCCCCCCCCCCCc2ccc[n+](CCCCCCCCCCCCCCCN)c2)c1. The van der Waals surface area contributed by atoms with Gasteiger partial charge in [0.15, 0.2) is 24.8 Å². The van der Waals surface area contributed by atoms with Crippen molar-refractivity contribution in [1.29, 1.82) is 0 Å². The van der Waals surface area contributed by atoms with Crippen LogP contribution in [0.25, 0.3) is 0 Å². The first-order valence-corrected chi connectivity index (χ1v) is 25.7. The molecule has 0 amide bonds. The van der Waals surface area contributed by atoms with Crippen LogP contribution >= 0.6 is 0 Å². The van der Waals surface area contributed by atoms with Crippen molar-refractivity contribution in [3.63, 3.8) is 0 Å². The van der Waals surface area contributed by atoms with Crippen LogP contribution in [-0.4, -0.2) is 13.1 Å².